The van der Waals surface area contributed by atoms with Crippen molar-refractivity contribution >= 4 is 5.78 Å². The van der Waals surface area contributed by atoms with Crippen LogP contribution in [0.15, 0.2) is 72.4 Å². The number of fused-ring (bicyclic) bond motifs is 1. The summed E-state index contributed by atoms with van der Waals surface area (Å²) < 4.78 is 0. The van der Waals surface area contributed by atoms with Gasteiger partial charge < -0.3 is 5.11 Å². The fraction of sp³-hybridized carbons (Fsp3) is 0.480. The lowest BCUT2D eigenvalue weighted by atomic mass is 10.0. The van der Waals surface area contributed by atoms with Gasteiger partial charge in [0, 0.05) is 18.7 Å². The van der Waals surface area contributed by atoms with Gasteiger partial charge in [-0.25, -0.2) is 0 Å². The minimum atomic E-state index is -0.130. The summed E-state index contributed by atoms with van der Waals surface area (Å²) in [5, 5.41) is 9.70. The summed E-state index contributed by atoms with van der Waals surface area (Å²) in [4.78, 5) is 14.9. The van der Waals surface area contributed by atoms with E-state index < -0.39 is 0 Å². The van der Waals surface area contributed by atoms with E-state index in [1.807, 2.05) is 69.3 Å². The zero-order chi connectivity index (χ0) is 19.8. The average molecular weight is 384 g/mol. The van der Waals surface area contributed by atoms with Gasteiger partial charge in [-0.05, 0) is 45.4 Å². The number of benzene rings is 1. The van der Waals surface area contributed by atoms with Crippen LogP contribution in [0.3, 0.4) is 0 Å². The van der Waals surface area contributed by atoms with Gasteiger partial charge >= 0.3 is 0 Å². The van der Waals surface area contributed by atoms with Crippen molar-refractivity contribution in [1.29, 1.82) is 0 Å². The van der Waals surface area contributed by atoms with Crippen LogP contribution >= 0.6 is 0 Å². The normalized spacial score (nSPS) is 24.9. The molecule has 3 heteroatoms. The Kier molecular flexibility index (Phi) is 10.1. The lowest BCUT2D eigenvalue weighted by Crippen LogP contribution is -2.38. The maximum absolute atomic E-state index is 12.6. The highest BCUT2D eigenvalue weighted by Crippen LogP contribution is 2.38. The molecular weight excluding hydrogens is 346 g/mol. The highest BCUT2D eigenvalue weighted by Gasteiger charge is 2.42. The van der Waals surface area contributed by atoms with E-state index in [2.05, 4.69) is 11.5 Å². The molecule has 0 aromatic heterocycles. The summed E-state index contributed by atoms with van der Waals surface area (Å²) in [7, 11) is 0. The van der Waals surface area contributed by atoms with E-state index in [0.29, 0.717) is 17.4 Å². The van der Waals surface area contributed by atoms with Crippen LogP contribution in [0.4, 0.5) is 0 Å². The molecule has 1 aromatic carbocycles. The number of rotatable bonds is 5. The van der Waals surface area contributed by atoms with E-state index in [4.69, 9.17) is 0 Å². The van der Waals surface area contributed by atoms with Crippen LogP contribution in [0.25, 0.3) is 0 Å². The maximum Gasteiger partial charge on any atom is 0.179 e. The average Bonchev–Trinajstić information content (AvgIpc) is 3.20. The molecule has 1 aromatic rings. The third kappa shape index (κ3) is 6.88. The lowest BCUT2D eigenvalue weighted by Gasteiger charge is -2.24. The van der Waals surface area contributed by atoms with Crippen molar-refractivity contribution in [2.24, 2.45) is 11.8 Å². The summed E-state index contributed by atoms with van der Waals surface area (Å²) >= 11 is 0. The van der Waals surface area contributed by atoms with Crippen LogP contribution < -0.4 is 0 Å². The number of aliphatic hydroxyl groups excluding tert-OH is 1. The summed E-state index contributed by atoms with van der Waals surface area (Å²) in [5.41, 5.74) is 1.85. The number of nitrogens with zero attached hydrogens (tertiary/aromatic N) is 1. The van der Waals surface area contributed by atoms with Crippen molar-refractivity contribution in [2.45, 2.75) is 53.2 Å². The van der Waals surface area contributed by atoms with E-state index in [0.717, 1.165) is 25.9 Å². The molecule has 3 nitrogen and oxygen atoms in total. The molecule has 1 aliphatic carbocycles. The van der Waals surface area contributed by atoms with Gasteiger partial charge in [-0.2, -0.15) is 0 Å². The maximum atomic E-state index is 12.6. The van der Waals surface area contributed by atoms with Crippen molar-refractivity contribution < 1.29 is 9.90 Å². The standard InChI is InChI=1S/C18H27NO2.C6H6.CH4/c1-5-14(7-6-12(2)3)18(21)13(4)19-10-15-8-17(20)9-16(15)11-19;1-2-4-6-5-3-1;/h5-7,13,15-17,20H,1,8-11H2,2-4H3;1-6H;1H4/b14-7+;;. The van der Waals surface area contributed by atoms with Crippen molar-refractivity contribution in [3.8, 4) is 0 Å². The number of hydrogen-bond acceptors (Lipinski definition) is 3. The largest absolute Gasteiger partial charge is 0.393 e. The Labute approximate surface area is 171 Å². The number of likely N-dealkylation sites (tertiary alicyclic amines) is 1. The molecule has 1 N–H and O–H groups in total. The molecule has 1 aliphatic heterocycles. The van der Waals surface area contributed by atoms with Crippen molar-refractivity contribution in [2.75, 3.05) is 13.1 Å². The van der Waals surface area contributed by atoms with E-state index in [9.17, 15) is 9.90 Å². The van der Waals surface area contributed by atoms with Crippen LogP contribution in [0.2, 0.25) is 0 Å². The molecule has 28 heavy (non-hydrogen) atoms. The van der Waals surface area contributed by atoms with Crippen molar-refractivity contribution in [3.05, 3.63) is 72.4 Å². The first-order valence-corrected chi connectivity index (χ1v) is 9.86. The van der Waals surface area contributed by atoms with Crippen LogP contribution in [0.1, 0.15) is 41.0 Å². The van der Waals surface area contributed by atoms with Gasteiger partial charge in [0.1, 0.15) is 0 Å². The second-order valence-corrected chi connectivity index (χ2v) is 7.86. The Hall–Kier alpha value is -1.97. The predicted molar refractivity (Wildman–Crippen MR) is 119 cm³/mol. The molecule has 2 fully saturated rings. The zero-order valence-corrected chi connectivity index (χ0v) is 16.8. The monoisotopic (exact) mass is 383 g/mol. The third-order valence-electron chi connectivity index (χ3n) is 5.45. The SMILES string of the molecule is C.C=C/C(=C\C=C(C)C)C(=O)C(C)N1CC2CC(O)CC2C1.c1ccccc1. The molecule has 0 amide bonds. The number of allylic oxidation sites excluding steroid dienone is 4. The van der Waals surface area contributed by atoms with E-state index in [1.165, 1.54) is 5.57 Å². The third-order valence-corrected chi connectivity index (χ3v) is 5.45. The topological polar surface area (TPSA) is 40.5 Å². The highest BCUT2D eigenvalue weighted by molar-refractivity contribution is 6.01. The molecule has 0 spiro atoms. The van der Waals surface area contributed by atoms with Crippen LogP contribution in [-0.2, 0) is 4.79 Å². The van der Waals surface area contributed by atoms with Gasteiger partial charge in [0.25, 0.3) is 0 Å². The minimum absolute atomic E-state index is 0. The Bertz CT molecular complexity index is 632. The molecule has 3 unspecified atom stereocenters. The molecule has 0 radical (unpaired) electrons. The van der Waals surface area contributed by atoms with Crippen LogP contribution in [0.5, 0.6) is 0 Å². The van der Waals surface area contributed by atoms with Crippen LogP contribution in [0, 0.1) is 11.8 Å². The fourth-order valence-corrected chi connectivity index (χ4v) is 3.92. The molecule has 3 atom stereocenters. The molecule has 2 aliphatic rings. The summed E-state index contributed by atoms with van der Waals surface area (Å²) in [5.74, 6) is 1.26. The van der Waals surface area contributed by atoms with Gasteiger partial charge in [-0.1, -0.05) is 74.2 Å². The molecule has 1 heterocycles. The molecule has 154 valence electrons. The van der Waals surface area contributed by atoms with Crippen molar-refractivity contribution in [3.63, 3.8) is 0 Å². The Morgan fingerprint density at radius 3 is 1.89 bits per heavy atom. The number of aliphatic hydroxyl groups is 1. The zero-order valence-electron chi connectivity index (χ0n) is 16.8. The van der Waals surface area contributed by atoms with E-state index >= 15 is 0 Å². The quantitative estimate of drug-likeness (QED) is 0.571. The highest BCUT2D eigenvalue weighted by atomic mass is 16.3. The van der Waals surface area contributed by atoms with Gasteiger partial charge in [-0.15, -0.1) is 0 Å². The van der Waals surface area contributed by atoms with E-state index in [1.54, 1.807) is 6.08 Å². The molecular formula is C25H37NO2. The molecule has 3 rings (SSSR count). The Morgan fingerprint density at radius 2 is 1.50 bits per heavy atom. The second-order valence-electron chi connectivity index (χ2n) is 7.86. The lowest BCUT2D eigenvalue weighted by molar-refractivity contribution is -0.119. The number of carbonyl (C=O) groups is 1. The summed E-state index contributed by atoms with van der Waals surface area (Å²) in [6.45, 7) is 11.6. The van der Waals surface area contributed by atoms with Gasteiger partial charge in [0.2, 0.25) is 0 Å². The minimum Gasteiger partial charge on any atom is -0.393 e. The summed E-state index contributed by atoms with van der Waals surface area (Å²) in [6, 6.07) is 11.9. The van der Waals surface area contributed by atoms with Crippen LogP contribution in [-0.4, -0.2) is 41.0 Å². The second kappa shape index (κ2) is 11.8. The van der Waals surface area contributed by atoms with Gasteiger partial charge in [-0.3, -0.25) is 9.69 Å². The number of Topliss-reactive ketones (excluding diaryl/α,β-unsaturated/α-hetero) is 1. The number of hydrogen-bond donors (Lipinski definition) is 1. The molecule has 0 bridgehead atoms. The number of carbonyl (C=O) groups excluding carboxylic acids is 1. The number of ketones is 1. The van der Waals surface area contributed by atoms with Gasteiger partial charge in [0.05, 0.1) is 12.1 Å². The first kappa shape index (κ1) is 24.1. The first-order chi connectivity index (χ1) is 12.9. The smallest absolute Gasteiger partial charge is 0.179 e. The van der Waals surface area contributed by atoms with E-state index in [-0.39, 0.29) is 25.4 Å². The Morgan fingerprint density at radius 1 is 1.04 bits per heavy atom. The van der Waals surface area contributed by atoms with Gasteiger partial charge in [0.15, 0.2) is 5.78 Å². The summed E-state index contributed by atoms with van der Waals surface area (Å²) in [6.07, 6.45) is 7.13. The van der Waals surface area contributed by atoms with Crippen molar-refractivity contribution in [1.82, 2.24) is 4.90 Å². The predicted octanol–water partition coefficient (Wildman–Crippen LogP) is 5.05. The molecule has 1 saturated heterocycles. The fourth-order valence-electron chi connectivity index (χ4n) is 3.92. The Balaban J connectivity index is 0.000000478. The molecule has 1 saturated carbocycles. The first-order valence-electron chi connectivity index (χ1n) is 9.86.